The molecule has 25 heavy (non-hydrogen) atoms. The smallest absolute Gasteiger partial charge is 0.186 e. The van der Waals surface area contributed by atoms with E-state index in [0.29, 0.717) is 18.3 Å². The van der Waals surface area contributed by atoms with Gasteiger partial charge in [0.05, 0.1) is 22.9 Å². The number of aromatic hydroxyl groups is 1. The molecule has 0 bridgehead atoms. The number of phenols is 1. The molecule has 3 aromatic rings. The summed E-state index contributed by atoms with van der Waals surface area (Å²) in [5, 5.41) is 22.1. The van der Waals surface area contributed by atoms with Crippen LogP contribution in [0.15, 0.2) is 29.3 Å². The molecule has 1 aliphatic carbocycles. The SMILES string of the molecule is Cc1c(O)c2ccccc2c2c1s/c(=N/C1CCCCC1)n2CCO. The minimum Gasteiger partial charge on any atom is -0.507 e. The zero-order valence-corrected chi connectivity index (χ0v) is 15.4. The van der Waals surface area contributed by atoms with Gasteiger partial charge >= 0.3 is 0 Å². The molecule has 2 aromatic carbocycles. The van der Waals surface area contributed by atoms with Gasteiger partial charge in [0.25, 0.3) is 0 Å². The van der Waals surface area contributed by atoms with Crippen molar-refractivity contribution in [2.45, 2.75) is 51.6 Å². The maximum absolute atomic E-state index is 10.6. The van der Waals surface area contributed by atoms with E-state index in [1.54, 1.807) is 11.3 Å². The molecule has 1 aliphatic rings. The van der Waals surface area contributed by atoms with Gasteiger partial charge in [-0.05, 0) is 19.8 Å². The molecular weight excluding hydrogens is 332 g/mol. The topological polar surface area (TPSA) is 57.8 Å². The molecule has 0 atom stereocenters. The van der Waals surface area contributed by atoms with Crippen LogP contribution < -0.4 is 4.80 Å². The lowest BCUT2D eigenvalue weighted by Crippen LogP contribution is -2.21. The number of aliphatic hydroxyl groups excluding tert-OH is 1. The summed E-state index contributed by atoms with van der Waals surface area (Å²) in [6.07, 6.45) is 6.12. The van der Waals surface area contributed by atoms with E-state index in [0.717, 1.165) is 44.2 Å². The first-order valence-corrected chi connectivity index (χ1v) is 9.90. The highest BCUT2D eigenvalue weighted by molar-refractivity contribution is 7.16. The first-order chi connectivity index (χ1) is 12.2. The standard InChI is InChI=1S/C20H24N2O2S/c1-13-18(24)16-10-6-5-9-15(16)17-19(13)25-20(22(17)11-12-23)21-14-7-3-2-4-8-14/h5-6,9-10,14,23-24H,2-4,7-8,11-12H2,1H3/b21-20+. The molecule has 0 amide bonds. The van der Waals surface area contributed by atoms with Crippen LogP contribution >= 0.6 is 11.3 Å². The minimum absolute atomic E-state index is 0.0813. The third-order valence-electron chi connectivity index (χ3n) is 5.23. The molecule has 2 N–H and O–H groups in total. The Bertz CT molecular complexity index is 981. The van der Waals surface area contributed by atoms with Crippen LogP contribution in [-0.4, -0.2) is 27.4 Å². The molecule has 1 fully saturated rings. The first kappa shape index (κ1) is 16.6. The zero-order valence-electron chi connectivity index (χ0n) is 14.5. The van der Waals surface area contributed by atoms with Gasteiger partial charge in [-0.3, -0.25) is 4.99 Å². The number of fused-ring (bicyclic) bond motifs is 3. The van der Waals surface area contributed by atoms with Crippen molar-refractivity contribution in [3.05, 3.63) is 34.6 Å². The van der Waals surface area contributed by atoms with Crippen LogP contribution in [0.3, 0.4) is 0 Å². The summed E-state index contributed by atoms with van der Waals surface area (Å²) in [6.45, 7) is 2.58. The molecule has 0 aliphatic heterocycles. The van der Waals surface area contributed by atoms with E-state index in [4.69, 9.17) is 4.99 Å². The van der Waals surface area contributed by atoms with E-state index in [1.807, 2.05) is 31.2 Å². The second-order valence-corrected chi connectivity index (χ2v) is 7.86. The van der Waals surface area contributed by atoms with Crippen LogP contribution in [0.4, 0.5) is 0 Å². The molecule has 5 heteroatoms. The number of aryl methyl sites for hydroxylation is 1. The maximum Gasteiger partial charge on any atom is 0.186 e. The van der Waals surface area contributed by atoms with Crippen molar-refractivity contribution in [3.8, 4) is 5.75 Å². The first-order valence-electron chi connectivity index (χ1n) is 9.09. The van der Waals surface area contributed by atoms with E-state index in [-0.39, 0.29) is 6.61 Å². The summed E-state index contributed by atoms with van der Waals surface area (Å²) >= 11 is 1.64. The van der Waals surface area contributed by atoms with E-state index in [1.165, 1.54) is 19.3 Å². The number of nitrogens with zero attached hydrogens (tertiary/aromatic N) is 2. The van der Waals surface area contributed by atoms with Gasteiger partial charge < -0.3 is 14.8 Å². The number of thiazole rings is 1. The number of aliphatic hydroxyl groups is 1. The largest absolute Gasteiger partial charge is 0.507 e. The third kappa shape index (κ3) is 2.85. The Hall–Kier alpha value is -1.85. The van der Waals surface area contributed by atoms with Gasteiger partial charge in [0, 0.05) is 22.9 Å². The minimum atomic E-state index is 0.0813. The fourth-order valence-corrected chi connectivity index (χ4v) is 5.15. The Morgan fingerprint density at radius 3 is 2.60 bits per heavy atom. The monoisotopic (exact) mass is 356 g/mol. The second kappa shape index (κ2) is 6.81. The van der Waals surface area contributed by atoms with Gasteiger partial charge in [-0.25, -0.2) is 0 Å². The average Bonchev–Trinajstić information content (AvgIpc) is 2.99. The highest BCUT2D eigenvalue weighted by atomic mass is 32.1. The fourth-order valence-electron chi connectivity index (χ4n) is 3.91. The quantitative estimate of drug-likeness (QED) is 0.742. The van der Waals surface area contributed by atoms with Gasteiger partial charge in [-0.2, -0.15) is 0 Å². The van der Waals surface area contributed by atoms with Crippen molar-refractivity contribution in [1.29, 1.82) is 0 Å². The van der Waals surface area contributed by atoms with Gasteiger partial charge in [-0.15, -0.1) is 0 Å². The predicted octanol–water partition coefficient (Wildman–Crippen LogP) is 4.10. The number of aromatic nitrogens is 1. The summed E-state index contributed by atoms with van der Waals surface area (Å²) in [7, 11) is 0. The van der Waals surface area contributed by atoms with Crippen LogP contribution in [0, 0.1) is 6.92 Å². The van der Waals surface area contributed by atoms with Gasteiger partial charge in [0.15, 0.2) is 4.80 Å². The zero-order chi connectivity index (χ0) is 17.4. The molecule has 0 unspecified atom stereocenters. The fraction of sp³-hybridized carbons (Fsp3) is 0.450. The van der Waals surface area contributed by atoms with Crippen LogP contribution in [0.5, 0.6) is 5.75 Å². The second-order valence-electron chi connectivity index (χ2n) is 6.88. The van der Waals surface area contributed by atoms with Crippen molar-refractivity contribution >= 4 is 32.3 Å². The summed E-state index contributed by atoms with van der Waals surface area (Å²) in [5.74, 6) is 0.352. The van der Waals surface area contributed by atoms with Crippen molar-refractivity contribution in [1.82, 2.24) is 4.57 Å². The van der Waals surface area contributed by atoms with Gasteiger partial charge in [0.2, 0.25) is 0 Å². The summed E-state index contributed by atoms with van der Waals surface area (Å²) < 4.78 is 3.21. The van der Waals surface area contributed by atoms with Gasteiger partial charge in [-0.1, -0.05) is 54.9 Å². The van der Waals surface area contributed by atoms with E-state index in [9.17, 15) is 10.2 Å². The lowest BCUT2D eigenvalue weighted by atomic mass is 9.96. The number of benzene rings is 2. The predicted molar refractivity (Wildman–Crippen MR) is 103 cm³/mol. The highest BCUT2D eigenvalue weighted by Crippen LogP contribution is 2.38. The highest BCUT2D eigenvalue weighted by Gasteiger charge is 2.18. The van der Waals surface area contributed by atoms with Crippen molar-refractivity contribution in [2.24, 2.45) is 4.99 Å². The normalized spacial score (nSPS) is 17.0. The number of rotatable bonds is 3. The maximum atomic E-state index is 10.6. The van der Waals surface area contributed by atoms with E-state index < -0.39 is 0 Å². The van der Waals surface area contributed by atoms with Crippen molar-refractivity contribution in [3.63, 3.8) is 0 Å². The number of hydrogen-bond acceptors (Lipinski definition) is 4. The molecule has 1 heterocycles. The molecule has 0 radical (unpaired) electrons. The Morgan fingerprint density at radius 2 is 1.88 bits per heavy atom. The molecule has 132 valence electrons. The summed E-state index contributed by atoms with van der Waals surface area (Å²) in [4.78, 5) is 6.01. The van der Waals surface area contributed by atoms with Crippen LogP contribution in [-0.2, 0) is 6.54 Å². The van der Waals surface area contributed by atoms with Crippen LogP contribution in [0.1, 0.15) is 37.7 Å². The molecule has 1 aromatic heterocycles. The lowest BCUT2D eigenvalue weighted by Gasteiger charge is -2.17. The lowest BCUT2D eigenvalue weighted by molar-refractivity contribution is 0.276. The van der Waals surface area contributed by atoms with Crippen LogP contribution in [0.25, 0.3) is 21.0 Å². The number of hydrogen-bond donors (Lipinski definition) is 2. The third-order valence-corrected chi connectivity index (χ3v) is 6.45. The Kier molecular flexibility index (Phi) is 4.52. The molecular formula is C20H24N2O2S. The number of phenolic OH excluding ortho intramolecular Hbond substituents is 1. The molecule has 1 saturated carbocycles. The van der Waals surface area contributed by atoms with E-state index in [2.05, 4.69) is 4.57 Å². The molecule has 0 spiro atoms. The average molecular weight is 356 g/mol. The Labute approximate surface area is 151 Å². The Balaban J connectivity index is 2.04. The molecule has 0 saturated heterocycles. The Morgan fingerprint density at radius 1 is 1.16 bits per heavy atom. The van der Waals surface area contributed by atoms with Crippen molar-refractivity contribution < 1.29 is 10.2 Å². The van der Waals surface area contributed by atoms with Crippen molar-refractivity contribution in [2.75, 3.05) is 6.61 Å². The molecule has 4 rings (SSSR count). The molecule has 4 nitrogen and oxygen atoms in total. The van der Waals surface area contributed by atoms with Crippen LogP contribution in [0.2, 0.25) is 0 Å². The van der Waals surface area contributed by atoms with E-state index >= 15 is 0 Å². The van der Waals surface area contributed by atoms with Gasteiger partial charge in [0.1, 0.15) is 5.75 Å². The summed E-state index contributed by atoms with van der Waals surface area (Å²) in [6, 6.07) is 8.32. The summed E-state index contributed by atoms with van der Waals surface area (Å²) in [5.41, 5.74) is 1.98.